The van der Waals surface area contributed by atoms with Crippen LogP contribution in [0.25, 0.3) is 0 Å². The van der Waals surface area contributed by atoms with Crippen molar-refractivity contribution in [2.45, 2.75) is 11.3 Å². The molecule has 0 bridgehead atoms. The van der Waals surface area contributed by atoms with Gasteiger partial charge in [0.05, 0.1) is 16.3 Å². The van der Waals surface area contributed by atoms with Gasteiger partial charge in [-0.3, -0.25) is 4.98 Å². The first-order valence-corrected chi connectivity index (χ1v) is 7.32. The summed E-state index contributed by atoms with van der Waals surface area (Å²) in [5.41, 5.74) is 6.31. The van der Waals surface area contributed by atoms with Gasteiger partial charge in [0.15, 0.2) is 9.84 Å². The zero-order chi connectivity index (χ0) is 13.9. The molecule has 0 aliphatic carbocycles. The number of sulfone groups is 1. The lowest BCUT2D eigenvalue weighted by Gasteiger charge is -2.07. The third kappa shape index (κ3) is 3.29. The van der Waals surface area contributed by atoms with E-state index in [2.05, 4.69) is 4.98 Å². The summed E-state index contributed by atoms with van der Waals surface area (Å²) in [6, 6.07) is 8.61. The van der Waals surface area contributed by atoms with Crippen molar-refractivity contribution in [3.8, 4) is 0 Å². The summed E-state index contributed by atoms with van der Waals surface area (Å²) in [5, 5.41) is 0. The molecule has 1 heterocycles. The second-order valence-electron chi connectivity index (χ2n) is 4.07. The van der Waals surface area contributed by atoms with Gasteiger partial charge in [-0.1, -0.05) is 6.07 Å². The summed E-state index contributed by atoms with van der Waals surface area (Å²) < 4.78 is 37.3. The standard InChI is InChI=1S/C13H13FN2O2S/c14-10-4-5-12(15)13(9-10)19(17,18)8-6-11-3-1-2-7-16-11/h1-5,7,9H,6,8,15H2. The third-order valence-corrected chi connectivity index (χ3v) is 4.43. The first kappa shape index (κ1) is 13.5. The second kappa shape index (κ2) is 5.36. The quantitative estimate of drug-likeness (QED) is 0.867. The smallest absolute Gasteiger partial charge is 0.180 e. The molecular formula is C13H13FN2O2S. The molecule has 2 aromatic rings. The average Bonchev–Trinajstić information content (AvgIpc) is 2.40. The van der Waals surface area contributed by atoms with Gasteiger partial charge in [-0.25, -0.2) is 12.8 Å². The maximum atomic E-state index is 13.1. The Kier molecular flexibility index (Phi) is 3.80. The second-order valence-corrected chi connectivity index (χ2v) is 6.15. The van der Waals surface area contributed by atoms with Crippen LogP contribution in [-0.4, -0.2) is 19.2 Å². The van der Waals surface area contributed by atoms with E-state index >= 15 is 0 Å². The highest BCUT2D eigenvalue weighted by Gasteiger charge is 2.18. The summed E-state index contributed by atoms with van der Waals surface area (Å²) in [6.45, 7) is 0. The van der Waals surface area contributed by atoms with Crippen LogP contribution in [0.2, 0.25) is 0 Å². The molecule has 4 nitrogen and oxygen atoms in total. The van der Waals surface area contributed by atoms with Crippen LogP contribution in [0.5, 0.6) is 0 Å². The molecule has 6 heteroatoms. The average molecular weight is 280 g/mol. The molecule has 0 radical (unpaired) electrons. The van der Waals surface area contributed by atoms with Gasteiger partial charge in [0.25, 0.3) is 0 Å². The number of pyridine rings is 1. The molecule has 0 saturated heterocycles. The molecule has 100 valence electrons. The third-order valence-electron chi connectivity index (χ3n) is 2.66. The van der Waals surface area contributed by atoms with Crippen molar-refractivity contribution in [1.29, 1.82) is 0 Å². The van der Waals surface area contributed by atoms with E-state index in [1.807, 2.05) is 0 Å². The number of nitrogens with two attached hydrogens (primary N) is 1. The van der Waals surface area contributed by atoms with Crippen LogP contribution in [0.15, 0.2) is 47.5 Å². The number of nitrogen functional groups attached to an aromatic ring is 1. The van der Waals surface area contributed by atoms with Crippen molar-refractivity contribution < 1.29 is 12.8 Å². The number of benzene rings is 1. The molecule has 0 amide bonds. The van der Waals surface area contributed by atoms with E-state index < -0.39 is 15.7 Å². The lowest BCUT2D eigenvalue weighted by molar-refractivity contribution is 0.590. The maximum Gasteiger partial charge on any atom is 0.180 e. The predicted octanol–water partition coefficient (Wildman–Crippen LogP) is 1.82. The molecule has 2 N–H and O–H groups in total. The number of hydrogen-bond acceptors (Lipinski definition) is 4. The van der Waals surface area contributed by atoms with Crippen molar-refractivity contribution >= 4 is 15.5 Å². The fraction of sp³-hybridized carbons (Fsp3) is 0.154. The van der Waals surface area contributed by atoms with Crippen LogP contribution in [0, 0.1) is 5.82 Å². The van der Waals surface area contributed by atoms with E-state index in [4.69, 9.17) is 5.73 Å². The number of nitrogens with zero attached hydrogens (tertiary/aromatic N) is 1. The van der Waals surface area contributed by atoms with Gasteiger partial charge >= 0.3 is 0 Å². The lowest BCUT2D eigenvalue weighted by atomic mass is 10.3. The first-order valence-electron chi connectivity index (χ1n) is 5.67. The highest BCUT2D eigenvalue weighted by molar-refractivity contribution is 7.91. The molecular weight excluding hydrogens is 267 g/mol. The maximum absolute atomic E-state index is 13.1. The summed E-state index contributed by atoms with van der Waals surface area (Å²) in [4.78, 5) is 3.88. The van der Waals surface area contributed by atoms with Crippen molar-refractivity contribution in [2.75, 3.05) is 11.5 Å². The Labute approximate surface area is 111 Å². The first-order chi connectivity index (χ1) is 8.99. The summed E-state index contributed by atoms with van der Waals surface area (Å²) >= 11 is 0. The van der Waals surface area contributed by atoms with Gasteiger partial charge < -0.3 is 5.73 Å². The van der Waals surface area contributed by atoms with Gasteiger partial charge in [0, 0.05) is 18.3 Å². The minimum absolute atomic E-state index is 0.0578. The Balaban J connectivity index is 2.21. The van der Waals surface area contributed by atoms with Crippen molar-refractivity contribution in [2.24, 2.45) is 0 Å². The topological polar surface area (TPSA) is 73.1 Å². The minimum atomic E-state index is -3.62. The molecule has 19 heavy (non-hydrogen) atoms. The molecule has 1 aromatic carbocycles. The van der Waals surface area contributed by atoms with Gasteiger partial charge in [0.1, 0.15) is 5.82 Å². The highest BCUT2D eigenvalue weighted by Crippen LogP contribution is 2.21. The molecule has 0 fully saturated rings. The van der Waals surface area contributed by atoms with Gasteiger partial charge in [-0.2, -0.15) is 0 Å². The SMILES string of the molecule is Nc1ccc(F)cc1S(=O)(=O)CCc1ccccn1. The van der Waals surface area contributed by atoms with E-state index in [0.29, 0.717) is 5.69 Å². The Bertz CT molecular complexity index is 672. The van der Waals surface area contributed by atoms with Gasteiger partial charge in [-0.15, -0.1) is 0 Å². The summed E-state index contributed by atoms with van der Waals surface area (Å²) in [5.74, 6) is -0.775. The fourth-order valence-electron chi connectivity index (χ4n) is 1.67. The molecule has 0 saturated carbocycles. The molecule has 1 aromatic heterocycles. The van der Waals surface area contributed by atoms with E-state index in [0.717, 1.165) is 12.1 Å². The Morgan fingerprint density at radius 1 is 1.21 bits per heavy atom. The van der Waals surface area contributed by atoms with E-state index in [1.165, 1.54) is 6.07 Å². The number of rotatable bonds is 4. The number of aromatic nitrogens is 1. The van der Waals surface area contributed by atoms with Crippen LogP contribution in [0.1, 0.15) is 5.69 Å². The molecule has 0 spiro atoms. The molecule has 2 rings (SSSR count). The van der Waals surface area contributed by atoms with E-state index in [1.54, 1.807) is 24.4 Å². The molecule has 0 aliphatic heterocycles. The van der Waals surface area contributed by atoms with Crippen molar-refractivity contribution in [3.63, 3.8) is 0 Å². The van der Waals surface area contributed by atoms with Crippen molar-refractivity contribution in [1.82, 2.24) is 4.98 Å². The van der Waals surface area contributed by atoms with Crippen LogP contribution in [0.3, 0.4) is 0 Å². The van der Waals surface area contributed by atoms with E-state index in [9.17, 15) is 12.8 Å². The molecule has 0 unspecified atom stereocenters. The molecule has 0 aliphatic rings. The zero-order valence-electron chi connectivity index (χ0n) is 10.1. The predicted molar refractivity (Wildman–Crippen MR) is 70.8 cm³/mol. The van der Waals surface area contributed by atoms with Crippen molar-refractivity contribution in [3.05, 3.63) is 54.1 Å². The number of halogens is 1. The Morgan fingerprint density at radius 3 is 2.68 bits per heavy atom. The largest absolute Gasteiger partial charge is 0.398 e. The fourth-order valence-corrected chi connectivity index (χ4v) is 3.09. The van der Waals surface area contributed by atoms with Crippen LogP contribution < -0.4 is 5.73 Å². The number of aryl methyl sites for hydroxylation is 1. The van der Waals surface area contributed by atoms with Crippen LogP contribution in [0.4, 0.5) is 10.1 Å². The highest BCUT2D eigenvalue weighted by atomic mass is 32.2. The van der Waals surface area contributed by atoms with Crippen LogP contribution >= 0.6 is 0 Å². The Hall–Kier alpha value is -1.95. The summed E-state index contributed by atoms with van der Waals surface area (Å²) in [7, 11) is -3.62. The number of anilines is 1. The zero-order valence-corrected chi connectivity index (χ0v) is 10.9. The Morgan fingerprint density at radius 2 is 2.00 bits per heavy atom. The monoisotopic (exact) mass is 280 g/mol. The van der Waals surface area contributed by atoms with Gasteiger partial charge in [-0.05, 0) is 30.3 Å². The van der Waals surface area contributed by atoms with Gasteiger partial charge in [0.2, 0.25) is 0 Å². The number of hydrogen-bond donors (Lipinski definition) is 1. The minimum Gasteiger partial charge on any atom is -0.398 e. The normalized spacial score (nSPS) is 11.4. The summed E-state index contributed by atoms with van der Waals surface area (Å²) in [6.07, 6.45) is 1.86. The van der Waals surface area contributed by atoms with Crippen LogP contribution in [-0.2, 0) is 16.3 Å². The molecule has 0 atom stereocenters. The van der Waals surface area contributed by atoms with E-state index in [-0.39, 0.29) is 22.8 Å². The lowest BCUT2D eigenvalue weighted by Crippen LogP contribution is -2.12.